The average Bonchev–Trinajstić information content (AvgIpc) is 3.37. The van der Waals surface area contributed by atoms with E-state index in [1.165, 1.54) is 0 Å². The summed E-state index contributed by atoms with van der Waals surface area (Å²) < 4.78 is 84.3. The number of nitrogens with zero attached hydrogens (tertiary/aromatic N) is 1. The van der Waals surface area contributed by atoms with Gasteiger partial charge in [-0.25, -0.2) is 4.79 Å². The Bertz CT molecular complexity index is 626. The van der Waals surface area contributed by atoms with Crippen LogP contribution in [0, 0.1) is 17.3 Å². The third kappa shape index (κ3) is 5.30. The summed E-state index contributed by atoms with van der Waals surface area (Å²) in [5.74, 6) is 0.0320. The van der Waals surface area contributed by atoms with Gasteiger partial charge in [0, 0.05) is 38.8 Å². The summed E-state index contributed by atoms with van der Waals surface area (Å²) in [5, 5.41) is 2.93. The molecule has 30 heavy (non-hydrogen) atoms. The fourth-order valence-electron chi connectivity index (χ4n) is 4.22. The van der Waals surface area contributed by atoms with Crippen molar-refractivity contribution in [3.63, 3.8) is 0 Å². The highest BCUT2D eigenvalue weighted by atomic mass is 19.4. The van der Waals surface area contributed by atoms with Crippen LogP contribution in [0.3, 0.4) is 0 Å². The van der Waals surface area contributed by atoms with E-state index in [0.29, 0.717) is 44.9 Å². The Labute approximate surface area is 169 Å². The minimum Gasteiger partial charge on any atom is -0.426 e. The highest BCUT2D eigenvalue weighted by Gasteiger charge is 2.61. The molecule has 1 atom stereocenters. The smallest absolute Gasteiger partial charge is 0.426 e. The number of carbonyl (C=O) groups excluding carboxylic acids is 2. The number of hydrogen-bond donors (Lipinski definition) is 1. The first-order valence-electron chi connectivity index (χ1n) is 9.87. The van der Waals surface area contributed by atoms with Crippen LogP contribution in [0.15, 0.2) is 0 Å². The van der Waals surface area contributed by atoms with Gasteiger partial charge in [-0.15, -0.1) is 0 Å². The molecule has 2 heterocycles. The molecule has 3 rings (SSSR count). The van der Waals surface area contributed by atoms with Gasteiger partial charge in [0.15, 0.2) is 0 Å². The van der Waals surface area contributed by atoms with Crippen molar-refractivity contribution in [1.29, 1.82) is 0 Å². The number of carbonyl (C=O) groups is 2. The van der Waals surface area contributed by atoms with E-state index in [-0.39, 0.29) is 30.3 Å². The Morgan fingerprint density at radius 2 is 1.63 bits per heavy atom. The maximum Gasteiger partial charge on any atom is 0.434 e. The quantitative estimate of drug-likeness (QED) is 0.674. The molecule has 1 N–H and O–H groups in total. The Morgan fingerprint density at radius 3 is 2.17 bits per heavy atom. The lowest BCUT2D eigenvalue weighted by Crippen LogP contribution is -2.49. The van der Waals surface area contributed by atoms with Crippen LogP contribution < -0.4 is 5.32 Å². The summed E-state index contributed by atoms with van der Waals surface area (Å²) in [6.45, 7) is 1.80. The summed E-state index contributed by atoms with van der Waals surface area (Å²) in [4.78, 5) is 25.1. The number of nitrogens with one attached hydrogen (secondary N) is 1. The van der Waals surface area contributed by atoms with Gasteiger partial charge in [0.05, 0.1) is 0 Å². The van der Waals surface area contributed by atoms with E-state index in [4.69, 9.17) is 4.74 Å². The highest BCUT2D eigenvalue weighted by molar-refractivity contribution is 5.82. The van der Waals surface area contributed by atoms with Crippen molar-refractivity contribution in [3.8, 4) is 0 Å². The predicted octanol–water partition coefficient (Wildman–Crippen LogP) is 3.26. The minimum absolute atomic E-state index is 0.0506. The molecular weight excluding hydrogens is 422 g/mol. The lowest BCUT2D eigenvalue weighted by Gasteiger charge is -2.33. The molecule has 3 fully saturated rings. The van der Waals surface area contributed by atoms with Crippen LogP contribution in [0.25, 0.3) is 0 Å². The molecule has 1 spiro atoms. The topological polar surface area (TPSA) is 67.9 Å². The first-order chi connectivity index (χ1) is 13.9. The van der Waals surface area contributed by atoms with E-state index in [0.717, 1.165) is 17.7 Å². The minimum atomic E-state index is -5.74. The van der Waals surface area contributed by atoms with Crippen LogP contribution in [0.2, 0.25) is 0 Å². The van der Waals surface area contributed by atoms with Gasteiger partial charge in [-0.05, 0) is 43.4 Å². The van der Waals surface area contributed by atoms with Gasteiger partial charge in [0.1, 0.15) is 0 Å². The summed E-state index contributed by atoms with van der Waals surface area (Å²) in [6.07, 6.45) is -14.3. The van der Waals surface area contributed by atoms with Crippen molar-refractivity contribution < 1.29 is 45.4 Å². The molecule has 0 unspecified atom stereocenters. The average molecular weight is 446 g/mol. The zero-order valence-corrected chi connectivity index (χ0v) is 16.2. The molecule has 172 valence electrons. The first kappa shape index (κ1) is 23.0. The normalized spacial score (nSPS) is 24.8. The van der Waals surface area contributed by atoms with Crippen molar-refractivity contribution in [2.45, 2.75) is 50.6 Å². The molecule has 0 radical (unpaired) electrons. The molecule has 0 aromatic rings. The molecule has 3 aliphatic rings. The van der Waals surface area contributed by atoms with E-state index in [1.807, 2.05) is 0 Å². The zero-order chi connectivity index (χ0) is 22.2. The molecule has 0 aromatic heterocycles. The summed E-state index contributed by atoms with van der Waals surface area (Å²) in [6, 6.07) is 0. The first-order valence-corrected chi connectivity index (χ1v) is 9.87. The van der Waals surface area contributed by atoms with E-state index < -0.39 is 24.5 Å². The van der Waals surface area contributed by atoms with Crippen molar-refractivity contribution in [1.82, 2.24) is 10.2 Å². The maximum atomic E-state index is 12.6. The summed E-state index contributed by atoms with van der Waals surface area (Å²) in [5.41, 5.74) is -0.343. The molecule has 0 bridgehead atoms. The predicted molar refractivity (Wildman–Crippen MR) is 90.3 cm³/mol. The highest BCUT2D eigenvalue weighted by Crippen LogP contribution is 2.59. The molecule has 6 nitrogen and oxygen atoms in total. The largest absolute Gasteiger partial charge is 0.434 e. The molecular formula is C18H24F6N2O4. The van der Waals surface area contributed by atoms with E-state index >= 15 is 0 Å². The van der Waals surface area contributed by atoms with Gasteiger partial charge in [0.2, 0.25) is 5.91 Å². The van der Waals surface area contributed by atoms with Crippen LogP contribution in [-0.4, -0.2) is 68.2 Å². The molecule has 1 saturated carbocycles. The number of amides is 2. The number of hydrogen-bond acceptors (Lipinski definition) is 4. The Morgan fingerprint density at radius 1 is 1.07 bits per heavy atom. The molecule has 2 aliphatic heterocycles. The Kier molecular flexibility index (Phi) is 6.45. The fraction of sp³-hybridized carbons (Fsp3) is 0.889. The number of halogens is 6. The van der Waals surface area contributed by atoms with Gasteiger partial charge in [0.25, 0.3) is 6.10 Å². The standard InChI is InChI=1S/C18H24F6N2O4/c19-17(20,21)14(18(22,23)24)30-15(28)26-5-3-16(4-6-26)9-12(16)13(27)25-10-11-1-7-29-8-2-11/h11-12,14H,1-10H2,(H,25,27)/t12-/m0/s1. The van der Waals surface area contributed by atoms with Crippen LogP contribution in [0.5, 0.6) is 0 Å². The van der Waals surface area contributed by atoms with Gasteiger partial charge in [-0.2, -0.15) is 26.3 Å². The number of likely N-dealkylation sites (tertiary alicyclic amines) is 1. The van der Waals surface area contributed by atoms with Crippen LogP contribution in [0.4, 0.5) is 31.1 Å². The summed E-state index contributed by atoms with van der Waals surface area (Å²) in [7, 11) is 0. The van der Waals surface area contributed by atoms with Gasteiger partial charge < -0.3 is 19.7 Å². The SMILES string of the molecule is O=C(NCC1CCOCC1)[C@@H]1CC12CCN(C(=O)OC(C(F)(F)F)C(F)(F)F)CC2. The van der Waals surface area contributed by atoms with Gasteiger partial charge in [-0.1, -0.05) is 0 Å². The maximum absolute atomic E-state index is 12.6. The fourth-order valence-corrected chi connectivity index (χ4v) is 4.22. The van der Waals surface area contributed by atoms with E-state index in [9.17, 15) is 35.9 Å². The second kappa shape index (κ2) is 8.43. The van der Waals surface area contributed by atoms with Crippen molar-refractivity contribution in [2.24, 2.45) is 17.3 Å². The molecule has 0 aromatic carbocycles. The Hall–Kier alpha value is -1.72. The molecule has 2 amide bonds. The number of rotatable bonds is 4. The lowest BCUT2D eigenvalue weighted by atomic mass is 9.90. The third-order valence-electron chi connectivity index (χ3n) is 6.24. The van der Waals surface area contributed by atoms with Crippen molar-refractivity contribution in [3.05, 3.63) is 0 Å². The Balaban J connectivity index is 1.45. The summed E-state index contributed by atoms with van der Waals surface area (Å²) >= 11 is 0. The number of alkyl halides is 6. The second-order valence-electron chi connectivity index (χ2n) is 8.25. The van der Waals surface area contributed by atoms with Crippen LogP contribution in [-0.2, 0) is 14.3 Å². The number of ether oxygens (including phenoxy) is 2. The number of piperidine rings is 1. The molecule has 1 aliphatic carbocycles. The zero-order valence-electron chi connectivity index (χ0n) is 16.2. The van der Waals surface area contributed by atoms with Crippen LogP contribution in [0.1, 0.15) is 32.1 Å². The van der Waals surface area contributed by atoms with Crippen LogP contribution >= 0.6 is 0 Å². The van der Waals surface area contributed by atoms with E-state index in [2.05, 4.69) is 10.1 Å². The van der Waals surface area contributed by atoms with Crippen molar-refractivity contribution >= 4 is 12.0 Å². The van der Waals surface area contributed by atoms with Crippen molar-refractivity contribution in [2.75, 3.05) is 32.8 Å². The van der Waals surface area contributed by atoms with E-state index in [1.54, 1.807) is 0 Å². The van der Waals surface area contributed by atoms with Gasteiger partial charge in [-0.3, -0.25) is 4.79 Å². The van der Waals surface area contributed by atoms with Gasteiger partial charge >= 0.3 is 18.4 Å². The molecule has 12 heteroatoms. The molecule has 2 saturated heterocycles. The third-order valence-corrected chi connectivity index (χ3v) is 6.24. The monoisotopic (exact) mass is 446 g/mol. The lowest BCUT2D eigenvalue weighted by molar-refractivity contribution is -0.308. The second-order valence-corrected chi connectivity index (χ2v) is 8.25.